The van der Waals surface area contributed by atoms with Gasteiger partial charge in [0, 0.05) is 29.6 Å². The predicted molar refractivity (Wildman–Crippen MR) is 141 cm³/mol. The van der Waals surface area contributed by atoms with E-state index in [1.165, 1.54) is 0 Å². The van der Waals surface area contributed by atoms with Crippen molar-refractivity contribution in [3.05, 3.63) is 78.9 Å². The number of nitrogens with zero attached hydrogens (tertiary/aromatic N) is 4. The molecule has 0 atom stereocenters. The quantitative estimate of drug-likeness (QED) is 0.311. The Labute approximate surface area is 207 Å². The van der Waals surface area contributed by atoms with E-state index < -0.39 is 0 Å². The van der Waals surface area contributed by atoms with E-state index in [9.17, 15) is 0 Å². The Kier molecular flexibility index (Phi) is 5.86. The first-order chi connectivity index (χ1) is 17.3. The number of methoxy groups -OCH3 is 1. The lowest BCUT2D eigenvalue weighted by atomic mass is 10.1. The van der Waals surface area contributed by atoms with E-state index in [1.54, 1.807) is 18.4 Å². The molecule has 1 fully saturated rings. The molecule has 6 nitrogen and oxygen atoms in total. The lowest BCUT2D eigenvalue weighted by Crippen LogP contribution is -2.36. The largest absolute Gasteiger partial charge is 0.497 e. The minimum atomic E-state index is 0.710. The van der Waals surface area contributed by atoms with Gasteiger partial charge in [0.15, 0.2) is 11.0 Å². The average Bonchev–Trinajstić information content (AvgIpc) is 3.39. The van der Waals surface area contributed by atoms with Crippen molar-refractivity contribution < 1.29 is 9.47 Å². The van der Waals surface area contributed by atoms with Crippen molar-refractivity contribution >= 4 is 27.4 Å². The smallest absolute Gasteiger partial charge is 0.186 e. The Morgan fingerprint density at radius 2 is 1.51 bits per heavy atom. The molecule has 0 saturated carbocycles. The molecule has 5 aromatic rings. The van der Waals surface area contributed by atoms with E-state index in [4.69, 9.17) is 24.4 Å². The molecule has 35 heavy (non-hydrogen) atoms. The molecule has 1 saturated heterocycles. The second-order valence-corrected chi connectivity index (χ2v) is 9.26. The van der Waals surface area contributed by atoms with E-state index in [0.717, 1.165) is 62.3 Å². The number of para-hydroxylation sites is 1. The summed E-state index contributed by atoms with van der Waals surface area (Å²) in [5, 5.41) is 2.00. The molecule has 0 N–H and O–H groups in total. The molecule has 0 aliphatic carbocycles. The van der Waals surface area contributed by atoms with Gasteiger partial charge in [-0.05, 0) is 30.3 Å². The highest BCUT2D eigenvalue weighted by Crippen LogP contribution is 2.43. The molecule has 0 radical (unpaired) electrons. The van der Waals surface area contributed by atoms with Crippen LogP contribution in [0.15, 0.2) is 78.9 Å². The minimum absolute atomic E-state index is 0.710. The molecule has 3 aromatic carbocycles. The molecule has 174 valence electrons. The van der Waals surface area contributed by atoms with Crippen LogP contribution in [0, 0.1) is 0 Å². The number of aromatic nitrogens is 3. The maximum Gasteiger partial charge on any atom is 0.186 e. The van der Waals surface area contributed by atoms with Crippen molar-refractivity contribution in [1.29, 1.82) is 0 Å². The van der Waals surface area contributed by atoms with Crippen molar-refractivity contribution in [2.75, 3.05) is 38.3 Å². The molecule has 6 rings (SSSR count). The topological polar surface area (TPSA) is 60.4 Å². The molecule has 3 heterocycles. The third-order valence-corrected chi connectivity index (χ3v) is 7.23. The van der Waals surface area contributed by atoms with Crippen LogP contribution in [0.25, 0.3) is 44.1 Å². The SMILES string of the molecule is COc1ccc(-c2nc(N3CCOCC3)sc2-c2nc(-c3ccccc3)nc3ccccc23)cc1. The van der Waals surface area contributed by atoms with Crippen LogP contribution in [0.1, 0.15) is 0 Å². The van der Waals surface area contributed by atoms with Gasteiger partial charge in [-0.3, -0.25) is 0 Å². The third-order valence-electron chi connectivity index (χ3n) is 6.11. The zero-order chi connectivity index (χ0) is 23.6. The number of ether oxygens (including phenoxy) is 2. The summed E-state index contributed by atoms with van der Waals surface area (Å²) in [6.07, 6.45) is 0. The predicted octanol–water partition coefficient (Wildman–Crippen LogP) is 5.93. The summed E-state index contributed by atoms with van der Waals surface area (Å²) < 4.78 is 11.0. The van der Waals surface area contributed by atoms with E-state index >= 15 is 0 Å². The van der Waals surface area contributed by atoms with Crippen molar-refractivity contribution in [3.63, 3.8) is 0 Å². The van der Waals surface area contributed by atoms with Gasteiger partial charge >= 0.3 is 0 Å². The Bertz CT molecular complexity index is 1460. The number of morpholine rings is 1. The molecule has 1 aliphatic rings. The highest BCUT2D eigenvalue weighted by atomic mass is 32.1. The molecular formula is C28H24N4O2S. The maximum absolute atomic E-state index is 5.58. The van der Waals surface area contributed by atoms with Crippen molar-refractivity contribution in [3.8, 4) is 39.0 Å². The number of hydrogen-bond donors (Lipinski definition) is 0. The lowest BCUT2D eigenvalue weighted by molar-refractivity contribution is 0.122. The Hall–Kier alpha value is -3.81. The van der Waals surface area contributed by atoms with Crippen molar-refractivity contribution in [2.24, 2.45) is 0 Å². The maximum atomic E-state index is 5.58. The van der Waals surface area contributed by atoms with Crippen LogP contribution >= 0.6 is 11.3 Å². The van der Waals surface area contributed by atoms with Crippen molar-refractivity contribution in [2.45, 2.75) is 0 Å². The first-order valence-corrected chi connectivity index (χ1v) is 12.4. The van der Waals surface area contributed by atoms with Gasteiger partial charge in [-0.2, -0.15) is 0 Å². The molecular weight excluding hydrogens is 456 g/mol. The highest BCUT2D eigenvalue weighted by Gasteiger charge is 2.23. The number of hydrogen-bond acceptors (Lipinski definition) is 7. The van der Waals surface area contributed by atoms with Gasteiger partial charge in [-0.1, -0.05) is 59.9 Å². The molecule has 2 aromatic heterocycles. The summed E-state index contributed by atoms with van der Waals surface area (Å²) in [5.74, 6) is 1.53. The lowest BCUT2D eigenvalue weighted by Gasteiger charge is -2.26. The van der Waals surface area contributed by atoms with Crippen molar-refractivity contribution in [1.82, 2.24) is 15.0 Å². The van der Waals surface area contributed by atoms with Crippen LogP contribution in [-0.2, 0) is 4.74 Å². The van der Waals surface area contributed by atoms with Crippen LogP contribution in [0.5, 0.6) is 5.75 Å². The van der Waals surface area contributed by atoms with E-state index in [-0.39, 0.29) is 0 Å². The van der Waals surface area contributed by atoms with Gasteiger partial charge in [0.1, 0.15) is 5.75 Å². The third kappa shape index (κ3) is 4.24. The zero-order valence-corrected chi connectivity index (χ0v) is 20.2. The van der Waals surface area contributed by atoms with Gasteiger partial charge in [0.2, 0.25) is 0 Å². The van der Waals surface area contributed by atoms with Crippen LogP contribution in [0.2, 0.25) is 0 Å². The van der Waals surface area contributed by atoms with Gasteiger partial charge in [-0.25, -0.2) is 15.0 Å². The molecule has 0 amide bonds. The molecule has 0 bridgehead atoms. The summed E-state index contributed by atoms with van der Waals surface area (Å²) >= 11 is 1.68. The second kappa shape index (κ2) is 9.44. The minimum Gasteiger partial charge on any atom is -0.497 e. The Balaban J connectivity index is 1.58. The van der Waals surface area contributed by atoms with E-state index in [2.05, 4.69) is 23.1 Å². The average molecular weight is 481 g/mol. The number of benzene rings is 3. The first kappa shape index (κ1) is 21.7. The fraction of sp³-hybridized carbons (Fsp3) is 0.179. The normalized spacial score (nSPS) is 13.8. The Morgan fingerprint density at radius 1 is 0.771 bits per heavy atom. The number of fused-ring (bicyclic) bond motifs is 1. The molecule has 7 heteroatoms. The molecule has 0 unspecified atom stereocenters. The summed E-state index contributed by atoms with van der Waals surface area (Å²) in [6, 6.07) is 26.4. The monoisotopic (exact) mass is 480 g/mol. The molecule has 1 aliphatic heterocycles. The Morgan fingerprint density at radius 3 is 2.29 bits per heavy atom. The van der Waals surface area contributed by atoms with Crippen LogP contribution < -0.4 is 9.64 Å². The number of thiazole rings is 1. The van der Waals surface area contributed by atoms with Gasteiger partial charge < -0.3 is 14.4 Å². The van der Waals surface area contributed by atoms with Crippen LogP contribution in [0.3, 0.4) is 0 Å². The van der Waals surface area contributed by atoms with Gasteiger partial charge in [0.05, 0.1) is 42.1 Å². The van der Waals surface area contributed by atoms with Gasteiger partial charge in [0.25, 0.3) is 0 Å². The van der Waals surface area contributed by atoms with E-state index in [1.807, 2.05) is 60.7 Å². The fourth-order valence-electron chi connectivity index (χ4n) is 4.27. The number of rotatable bonds is 5. The van der Waals surface area contributed by atoms with Crippen LogP contribution in [-0.4, -0.2) is 48.4 Å². The first-order valence-electron chi connectivity index (χ1n) is 11.6. The summed E-state index contributed by atoms with van der Waals surface area (Å²) in [5.41, 5.74) is 4.75. The fourth-order valence-corrected chi connectivity index (χ4v) is 5.41. The van der Waals surface area contributed by atoms with E-state index in [0.29, 0.717) is 19.0 Å². The summed E-state index contributed by atoms with van der Waals surface area (Å²) in [7, 11) is 1.68. The van der Waals surface area contributed by atoms with Gasteiger partial charge in [-0.15, -0.1) is 0 Å². The molecule has 0 spiro atoms. The highest BCUT2D eigenvalue weighted by molar-refractivity contribution is 7.19. The summed E-state index contributed by atoms with van der Waals surface area (Å²) in [4.78, 5) is 18.5. The summed E-state index contributed by atoms with van der Waals surface area (Å²) in [6.45, 7) is 3.08. The second-order valence-electron chi connectivity index (χ2n) is 8.28. The van der Waals surface area contributed by atoms with Crippen LogP contribution in [0.4, 0.5) is 5.13 Å². The zero-order valence-electron chi connectivity index (χ0n) is 19.3. The number of anilines is 1. The standard InChI is InChI=1S/C28H24N4O2S/c1-33-21-13-11-19(12-14-21)24-26(35-28(31-24)32-15-17-34-18-16-32)25-22-9-5-6-10-23(22)29-27(30-25)20-7-3-2-4-8-20/h2-14H,15-18H2,1H3.